The molecule has 1 heterocycles. The van der Waals surface area contributed by atoms with Crippen molar-refractivity contribution in [1.29, 1.82) is 0 Å². The average molecular weight is 535 g/mol. The summed E-state index contributed by atoms with van der Waals surface area (Å²) >= 11 is 0. The normalized spacial score (nSPS) is 14.6. The summed E-state index contributed by atoms with van der Waals surface area (Å²) in [6.07, 6.45) is -1.83. The average Bonchev–Trinajstić information content (AvgIpc) is 3.03. The molecule has 6 rings (SSSR count). The maximum absolute atomic E-state index is 13.8. The van der Waals surface area contributed by atoms with Crippen LogP contribution in [0.25, 0.3) is 43.1 Å². The fourth-order valence-electron chi connectivity index (χ4n) is 6.12. The molecule has 0 bridgehead atoms. The van der Waals surface area contributed by atoms with Crippen molar-refractivity contribution in [1.82, 2.24) is 0 Å². The highest BCUT2D eigenvalue weighted by Gasteiger charge is 2.33. The number of hydrogen-bond acceptors (Lipinski definition) is 10. The van der Waals surface area contributed by atoms with Gasteiger partial charge in [0.05, 0.1) is 37.2 Å². The van der Waals surface area contributed by atoms with E-state index in [4.69, 9.17) is 18.9 Å². The van der Waals surface area contributed by atoms with E-state index in [1.165, 1.54) is 26.4 Å². The standard InChI is InChI=1S/C29H26O10/c1-10(30)5-12-18-19-13(6-11(2)31)29(37-4)27(35)21-15(33)8-17-23(25(19)21)22-16(38-9-39-17)7-14(32)20(24(18)22)26(34)28(12)36-3/h7-8,10-11,30-33H,5-6,9H2,1-4H3/t10-,11-/m1/s1. The minimum atomic E-state index is -0.903. The fraction of sp³-hybridized carbons (Fsp3) is 0.310. The van der Waals surface area contributed by atoms with Gasteiger partial charge < -0.3 is 39.4 Å². The van der Waals surface area contributed by atoms with Crippen molar-refractivity contribution in [3.63, 3.8) is 0 Å². The summed E-state index contributed by atoms with van der Waals surface area (Å²) in [5, 5.41) is 45.4. The highest BCUT2D eigenvalue weighted by molar-refractivity contribution is 6.38. The lowest BCUT2D eigenvalue weighted by Gasteiger charge is -2.24. The van der Waals surface area contributed by atoms with E-state index in [-0.39, 0.29) is 64.9 Å². The Morgan fingerprint density at radius 3 is 1.41 bits per heavy atom. The van der Waals surface area contributed by atoms with Gasteiger partial charge in [0.1, 0.15) is 23.0 Å². The Labute approximate surface area is 220 Å². The van der Waals surface area contributed by atoms with Crippen LogP contribution in [0.4, 0.5) is 0 Å². The van der Waals surface area contributed by atoms with Crippen LogP contribution in [0.5, 0.6) is 34.5 Å². The molecule has 0 saturated heterocycles. The van der Waals surface area contributed by atoms with Gasteiger partial charge >= 0.3 is 0 Å². The molecule has 0 aromatic heterocycles. The zero-order valence-corrected chi connectivity index (χ0v) is 21.7. The van der Waals surface area contributed by atoms with Gasteiger partial charge in [0.15, 0.2) is 11.5 Å². The molecule has 0 aliphatic carbocycles. The first kappa shape index (κ1) is 25.0. The second-order valence-corrected chi connectivity index (χ2v) is 9.98. The number of aromatic hydroxyl groups is 2. The van der Waals surface area contributed by atoms with Crippen LogP contribution in [0, 0.1) is 0 Å². The van der Waals surface area contributed by atoms with Gasteiger partial charge in [-0.05, 0) is 24.6 Å². The molecule has 5 aromatic rings. The second-order valence-electron chi connectivity index (χ2n) is 9.98. The van der Waals surface area contributed by atoms with Crippen molar-refractivity contribution < 1.29 is 39.4 Å². The first-order chi connectivity index (χ1) is 18.6. The van der Waals surface area contributed by atoms with E-state index in [9.17, 15) is 30.0 Å². The van der Waals surface area contributed by atoms with Gasteiger partial charge in [-0.1, -0.05) is 0 Å². The van der Waals surface area contributed by atoms with Crippen LogP contribution in [-0.2, 0) is 12.8 Å². The van der Waals surface area contributed by atoms with E-state index in [1.54, 1.807) is 13.8 Å². The topological polar surface area (TPSA) is 152 Å². The monoisotopic (exact) mass is 534 g/mol. The summed E-state index contributed by atoms with van der Waals surface area (Å²) in [7, 11) is 2.65. The molecule has 10 nitrogen and oxygen atoms in total. The van der Waals surface area contributed by atoms with Gasteiger partial charge in [0.2, 0.25) is 17.7 Å². The third-order valence-corrected chi connectivity index (χ3v) is 7.40. The predicted octanol–water partition coefficient (Wildman–Crippen LogP) is 2.90. The van der Waals surface area contributed by atoms with Crippen LogP contribution >= 0.6 is 0 Å². The van der Waals surface area contributed by atoms with Crippen molar-refractivity contribution in [3.8, 4) is 34.5 Å². The molecular formula is C29H26O10. The Balaban J connectivity index is 2.13. The van der Waals surface area contributed by atoms with Crippen LogP contribution in [0.3, 0.4) is 0 Å². The number of aliphatic hydroxyl groups excluding tert-OH is 2. The number of ether oxygens (including phenoxy) is 4. The maximum atomic E-state index is 13.8. The zero-order chi connectivity index (χ0) is 27.9. The molecule has 1 aliphatic heterocycles. The molecule has 0 fully saturated rings. The number of rotatable bonds is 6. The van der Waals surface area contributed by atoms with Crippen LogP contribution in [0.2, 0.25) is 0 Å². The molecule has 202 valence electrons. The fourth-order valence-corrected chi connectivity index (χ4v) is 6.12. The van der Waals surface area contributed by atoms with E-state index in [0.29, 0.717) is 43.4 Å². The molecule has 39 heavy (non-hydrogen) atoms. The van der Waals surface area contributed by atoms with Crippen molar-refractivity contribution in [2.24, 2.45) is 0 Å². The Morgan fingerprint density at radius 1 is 0.692 bits per heavy atom. The van der Waals surface area contributed by atoms with Gasteiger partial charge in [0, 0.05) is 57.6 Å². The molecule has 0 spiro atoms. The summed E-state index contributed by atoms with van der Waals surface area (Å²) in [4.78, 5) is 27.6. The van der Waals surface area contributed by atoms with Crippen LogP contribution < -0.4 is 29.8 Å². The Kier molecular flexibility index (Phi) is 5.53. The van der Waals surface area contributed by atoms with Crippen molar-refractivity contribution in [3.05, 3.63) is 43.7 Å². The summed E-state index contributed by atoms with van der Waals surface area (Å²) in [6.45, 7) is 2.87. The molecule has 0 radical (unpaired) electrons. The predicted molar refractivity (Wildman–Crippen MR) is 145 cm³/mol. The maximum Gasteiger partial charge on any atom is 0.232 e. The second kappa shape index (κ2) is 8.62. The molecule has 1 aliphatic rings. The number of phenolic OH excluding ortho intramolecular Hbond substituents is 2. The van der Waals surface area contributed by atoms with Gasteiger partial charge in [-0.15, -0.1) is 0 Å². The lowest BCUT2D eigenvalue weighted by Crippen LogP contribution is -2.17. The largest absolute Gasteiger partial charge is 0.507 e. The minimum absolute atomic E-state index is 0.0104. The Hall–Kier alpha value is -4.28. The van der Waals surface area contributed by atoms with Crippen LogP contribution in [-0.4, -0.2) is 53.6 Å². The lowest BCUT2D eigenvalue weighted by molar-refractivity contribution is 0.125. The third kappa shape index (κ3) is 3.28. The Morgan fingerprint density at radius 2 is 1.08 bits per heavy atom. The van der Waals surface area contributed by atoms with Crippen molar-refractivity contribution in [2.75, 3.05) is 21.0 Å². The zero-order valence-electron chi connectivity index (χ0n) is 21.7. The molecule has 0 amide bonds. The summed E-state index contributed by atoms with van der Waals surface area (Å²) in [5.74, 6) is -0.420. The summed E-state index contributed by atoms with van der Waals surface area (Å²) in [6, 6.07) is 2.63. The van der Waals surface area contributed by atoms with E-state index in [2.05, 4.69) is 0 Å². The van der Waals surface area contributed by atoms with Gasteiger partial charge in [0.25, 0.3) is 0 Å². The quantitative estimate of drug-likeness (QED) is 0.189. The summed E-state index contributed by atoms with van der Waals surface area (Å²) < 4.78 is 22.8. The van der Waals surface area contributed by atoms with Gasteiger partial charge in [-0.25, -0.2) is 0 Å². The van der Waals surface area contributed by atoms with Gasteiger partial charge in [-0.3, -0.25) is 9.59 Å². The molecule has 0 saturated carbocycles. The highest BCUT2D eigenvalue weighted by Crippen LogP contribution is 2.54. The lowest BCUT2D eigenvalue weighted by atomic mass is 9.82. The number of benzene rings is 5. The minimum Gasteiger partial charge on any atom is -0.507 e. The molecule has 10 heteroatoms. The van der Waals surface area contributed by atoms with E-state index in [1.807, 2.05) is 0 Å². The summed E-state index contributed by atoms with van der Waals surface area (Å²) in [5.41, 5.74) is -0.483. The smallest absolute Gasteiger partial charge is 0.232 e. The van der Waals surface area contributed by atoms with Crippen LogP contribution in [0.15, 0.2) is 21.7 Å². The van der Waals surface area contributed by atoms with Crippen LogP contribution in [0.1, 0.15) is 25.0 Å². The molecule has 5 aromatic carbocycles. The first-order valence-corrected chi connectivity index (χ1v) is 12.4. The molecule has 0 unspecified atom stereocenters. The van der Waals surface area contributed by atoms with E-state index < -0.39 is 23.1 Å². The van der Waals surface area contributed by atoms with E-state index in [0.717, 1.165) is 0 Å². The molecule has 4 N–H and O–H groups in total. The Bertz CT molecular complexity index is 1790. The first-order valence-electron chi connectivity index (χ1n) is 12.4. The van der Waals surface area contributed by atoms with Crippen molar-refractivity contribution >= 4 is 43.1 Å². The number of phenols is 2. The van der Waals surface area contributed by atoms with Crippen molar-refractivity contribution in [2.45, 2.75) is 38.9 Å². The number of fused-ring (bicyclic) bond motifs is 1. The number of hydrogen-bond donors (Lipinski definition) is 4. The van der Waals surface area contributed by atoms with Gasteiger partial charge in [-0.2, -0.15) is 0 Å². The third-order valence-electron chi connectivity index (χ3n) is 7.40. The number of methoxy groups -OCH3 is 2. The van der Waals surface area contributed by atoms with E-state index >= 15 is 0 Å². The SMILES string of the molecule is COc1c(C[C@@H](C)O)c2c3c(C[C@@H](C)O)c(OC)c(=O)c4c(O)cc5c(c6c(cc(O)c(c1=O)c62)OCO5)c43. The highest BCUT2D eigenvalue weighted by atomic mass is 16.7. The number of aliphatic hydroxyl groups is 2. The molecule has 2 atom stereocenters. The molecular weight excluding hydrogens is 508 g/mol.